The number of aromatic nitrogens is 3. The standard InChI is InChI=1S/C11H11N3O/c15-9-6-5-8(7-9)14-12-10-3-1-2-4-11(10)13-14/h1-4,8H,5-7H2/t8-/m0/s1. The van der Waals surface area contributed by atoms with Gasteiger partial charge in [0.1, 0.15) is 16.8 Å². The van der Waals surface area contributed by atoms with Crippen molar-refractivity contribution >= 4 is 16.8 Å². The van der Waals surface area contributed by atoms with Gasteiger partial charge in [-0.2, -0.15) is 15.0 Å². The summed E-state index contributed by atoms with van der Waals surface area (Å²) in [5, 5.41) is 8.76. The van der Waals surface area contributed by atoms with Crippen molar-refractivity contribution in [2.45, 2.75) is 25.3 Å². The maximum Gasteiger partial charge on any atom is 0.135 e. The first-order valence-corrected chi connectivity index (χ1v) is 5.16. The van der Waals surface area contributed by atoms with Gasteiger partial charge in [-0.25, -0.2) is 0 Å². The maximum atomic E-state index is 11.2. The minimum Gasteiger partial charge on any atom is -0.300 e. The molecule has 0 aliphatic heterocycles. The lowest BCUT2D eigenvalue weighted by atomic mass is 10.3. The molecule has 1 aliphatic rings. The highest BCUT2D eigenvalue weighted by Crippen LogP contribution is 2.26. The average molecular weight is 201 g/mol. The minimum atomic E-state index is 0.171. The molecule has 1 aromatic heterocycles. The fraction of sp³-hybridized carbons (Fsp3) is 0.364. The molecule has 0 N–H and O–H groups in total. The molecule has 0 unspecified atom stereocenters. The van der Waals surface area contributed by atoms with Crippen molar-refractivity contribution in [3.8, 4) is 0 Å². The number of rotatable bonds is 1. The minimum absolute atomic E-state index is 0.171. The third-order valence-corrected chi connectivity index (χ3v) is 2.85. The Morgan fingerprint density at radius 3 is 2.40 bits per heavy atom. The van der Waals surface area contributed by atoms with Gasteiger partial charge in [0.05, 0.1) is 6.04 Å². The monoisotopic (exact) mass is 201 g/mol. The molecule has 4 nitrogen and oxygen atoms in total. The molecule has 1 atom stereocenters. The summed E-state index contributed by atoms with van der Waals surface area (Å²) in [4.78, 5) is 12.9. The van der Waals surface area contributed by atoms with Gasteiger partial charge in [0, 0.05) is 12.8 Å². The van der Waals surface area contributed by atoms with Gasteiger partial charge in [-0.3, -0.25) is 4.79 Å². The van der Waals surface area contributed by atoms with Gasteiger partial charge in [0.15, 0.2) is 0 Å². The van der Waals surface area contributed by atoms with Gasteiger partial charge in [0.2, 0.25) is 0 Å². The van der Waals surface area contributed by atoms with Crippen LogP contribution in [-0.4, -0.2) is 20.8 Å². The molecule has 1 saturated carbocycles. The number of nitrogens with zero attached hydrogens (tertiary/aromatic N) is 3. The van der Waals surface area contributed by atoms with Gasteiger partial charge in [-0.1, -0.05) is 12.1 Å². The van der Waals surface area contributed by atoms with Crippen LogP contribution in [0, 0.1) is 0 Å². The highest BCUT2D eigenvalue weighted by Gasteiger charge is 2.25. The third kappa shape index (κ3) is 1.42. The zero-order valence-electron chi connectivity index (χ0n) is 8.26. The van der Waals surface area contributed by atoms with E-state index in [2.05, 4.69) is 10.2 Å². The Morgan fingerprint density at radius 1 is 1.20 bits per heavy atom. The van der Waals surface area contributed by atoms with Crippen molar-refractivity contribution in [2.24, 2.45) is 0 Å². The molecule has 0 amide bonds. The molecule has 0 bridgehead atoms. The van der Waals surface area contributed by atoms with Gasteiger partial charge < -0.3 is 0 Å². The molecule has 2 aromatic rings. The molecule has 4 heteroatoms. The van der Waals surface area contributed by atoms with Crippen LogP contribution in [0.1, 0.15) is 25.3 Å². The molecule has 1 heterocycles. The van der Waals surface area contributed by atoms with Crippen LogP contribution >= 0.6 is 0 Å². The number of ketones is 1. The largest absolute Gasteiger partial charge is 0.300 e. The van der Waals surface area contributed by atoms with Crippen LogP contribution in [-0.2, 0) is 4.79 Å². The molecule has 0 spiro atoms. The normalized spacial score (nSPS) is 21.3. The molecule has 1 aromatic carbocycles. The van der Waals surface area contributed by atoms with E-state index in [0.29, 0.717) is 18.6 Å². The van der Waals surface area contributed by atoms with Crippen LogP contribution in [0.4, 0.5) is 0 Å². The van der Waals surface area contributed by atoms with E-state index in [1.54, 1.807) is 4.80 Å². The average Bonchev–Trinajstić information content (AvgIpc) is 2.82. The lowest BCUT2D eigenvalue weighted by Crippen LogP contribution is -2.08. The van der Waals surface area contributed by atoms with E-state index in [4.69, 9.17) is 0 Å². The Balaban J connectivity index is 2.01. The number of fused-ring (bicyclic) bond motifs is 1. The van der Waals surface area contributed by atoms with Gasteiger partial charge >= 0.3 is 0 Å². The lowest BCUT2D eigenvalue weighted by molar-refractivity contribution is -0.117. The molecule has 0 radical (unpaired) electrons. The highest BCUT2D eigenvalue weighted by atomic mass is 16.1. The fourth-order valence-corrected chi connectivity index (χ4v) is 2.03. The zero-order chi connectivity index (χ0) is 10.3. The van der Waals surface area contributed by atoms with E-state index in [0.717, 1.165) is 17.5 Å². The van der Waals surface area contributed by atoms with Gasteiger partial charge in [0.25, 0.3) is 0 Å². The van der Waals surface area contributed by atoms with E-state index in [9.17, 15) is 4.79 Å². The summed E-state index contributed by atoms with van der Waals surface area (Å²) in [6, 6.07) is 7.94. The maximum absolute atomic E-state index is 11.2. The van der Waals surface area contributed by atoms with Crippen LogP contribution in [0.25, 0.3) is 11.0 Å². The number of carbonyl (C=O) groups is 1. The molecule has 76 valence electrons. The number of carbonyl (C=O) groups excluding carboxylic acids is 1. The van der Waals surface area contributed by atoms with Crippen LogP contribution in [0.2, 0.25) is 0 Å². The van der Waals surface area contributed by atoms with Crippen LogP contribution in [0.3, 0.4) is 0 Å². The van der Waals surface area contributed by atoms with Crippen molar-refractivity contribution in [2.75, 3.05) is 0 Å². The first-order chi connectivity index (χ1) is 7.33. The molecule has 15 heavy (non-hydrogen) atoms. The summed E-state index contributed by atoms with van der Waals surface area (Å²) in [7, 11) is 0. The fourth-order valence-electron chi connectivity index (χ4n) is 2.03. The Labute approximate surface area is 86.9 Å². The first-order valence-electron chi connectivity index (χ1n) is 5.16. The smallest absolute Gasteiger partial charge is 0.135 e. The van der Waals surface area contributed by atoms with Gasteiger partial charge in [-0.15, -0.1) is 0 Å². The predicted molar refractivity (Wildman–Crippen MR) is 55.4 cm³/mol. The second-order valence-electron chi connectivity index (χ2n) is 3.94. The molecule has 1 aliphatic carbocycles. The number of benzene rings is 1. The van der Waals surface area contributed by atoms with Crippen molar-refractivity contribution in [3.05, 3.63) is 24.3 Å². The highest BCUT2D eigenvalue weighted by molar-refractivity contribution is 5.81. The molecule has 1 fully saturated rings. The summed E-state index contributed by atoms with van der Waals surface area (Å²) in [6.45, 7) is 0. The number of hydrogen-bond acceptors (Lipinski definition) is 3. The number of hydrogen-bond donors (Lipinski definition) is 0. The SMILES string of the molecule is O=C1CC[C@H](n2nc3ccccc3n2)C1. The van der Waals surface area contributed by atoms with Crippen molar-refractivity contribution in [1.29, 1.82) is 0 Å². The molecular weight excluding hydrogens is 190 g/mol. The number of Topliss-reactive ketones (excluding diaryl/α,β-unsaturated/α-hetero) is 1. The summed E-state index contributed by atoms with van der Waals surface area (Å²) in [5.41, 5.74) is 1.80. The summed E-state index contributed by atoms with van der Waals surface area (Å²) in [5.74, 6) is 0.321. The Morgan fingerprint density at radius 2 is 1.87 bits per heavy atom. The lowest BCUT2D eigenvalue weighted by Gasteiger charge is -2.04. The predicted octanol–water partition coefficient (Wildman–Crippen LogP) is 1.73. The van der Waals surface area contributed by atoms with Crippen LogP contribution in [0.15, 0.2) is 24.3 Å². The third-order valence-electron chi connectivity index (χ3n) is 2.85. The van der Waals surface area contributed by atoms with Crippen molar-refractivity contribution in [3.63, 3.8) is 0 Å². The van der Waals surface area contributed by atoms with E-state index < -0.39 is 0 Å². The quantitative estimate of drug-likeness (QED) is 0.705. The second kappa shape index (κ2) is 3.15. The summed E-state index contributed by atoms with van der Waals surface area (Å²) >= 11 is 0. The van der Waals surface area contributed by atoms with Gasteiger partial charge in [-0.05, 0) is 18.6 Å². The Bertz CT molecular complexity index is 484. The topological polar surface area (TPSA) is 47.8 Å². The second-order valence-corrected chi connectivity index (χ2v) is 3.94. The molecular formula is C11H11N3O. The molecule has 0 saturated heterocycles. The van der Waals surface area contributed by atoms with Crippen molar-refractivity contribution in [1.82, 2.24) is 15.0 Å². The van der Waals surface area contributed by atoms with E-state index in [-0.39, 0.29) is 6.04 Å². The Hall–Kier alpha value is -1.71. The molecule has 3 rings (SSSR count). The van der Waals surface area contributed by atoms with E-state index in [1.807, 2.05) is 24.3 Å². The first kappa shape index (κ1) is 8.59. The van der Waals surface area contributed by atoms with E-state index in [1.165, 1.54) is 0 Å². The van der Waals surface area contributed by atoms with Crippen molar-refractivity contribution < 1.29 is 4.79 Å². The zero-order valence-corrected chi connectivity index (χ0v) is 8.26. The summed E-state index contributed by atoms with van der Waals surface area (Å²) < 4.78 is 0. The summed E-state index contributed by atoms with van der Waals surface area (Å²) in [6.07, 6.45) is 2.13. The van der Waals surface area contributed by atoms with Crippen LogP contribution < -0.4 is 0 Å². The van der Waals surface area contributed by atoms with E-state index >= 15 is 0 Å². The van der Waals surface area contributed by atoms with Crippen LogP contribution in [0.5, 0.6) is 0 Å². The Kier molecular flexibility index (Phi) is 1.80.